The maximum Gasteiger partial charge on any atom is 0.223 e. The molecule has 14 heavy (non-hydrogen) atoms. The van der Waals surface area contributed by atoms with Gasteiger partial charge in [-0.15, -0.1) is 0 Å². The van der Waals surface area contributed by atoms with Crippen LogP contribution in [0, 0.1) is 0 Å². The van der Waals surface area contributed by atoms with Gasteiger partial charge in [0.1, 0.15) is 13.5 Å². The van der Waals surface area contributed by atoms with Gasteiger partial charge >= 0.3 is 0 Å². The molecule has 0 saturated heterocycles. The zero-order chi connectivity index (χ0) is 10.1. The lowest BCUT2D eigenvalue weighted by molar-refractivity contribution is -0.117. The normalized spacial score (nSPS) is 10.6. The SMILES string of the molecule is [B]c1ccnc2[nH]c(CC(N)=O)cc12. The Kier molecular flexibility index (Phi) is 2.00. The van der Waals surface area contributed by atoms with Crippen molar-refractivity contribution in [3.05, 3.63) is 24.0 Å². The van der Waals surface area contributed by atoms with Crippen LogP contribution in [0.2, 0.25) is 0 Å². The molecular weight excluding hydrogens is 177 g/mol. The minimum atomic E-state index is -0.380. The van der Waals surface area contributed by atoms with E-state index in [0.29, 0.717) is 11.1 Å². The van der Waals surface area contributed by atoms with Crippen molar-refractivity contribution < 1.29 is 4.79 Å². The van der Waals surface area contributed by atoms with Crippen molar-refractivity contribution in [2.24, 2.45) is 5.73 Å². The van der Waals surface area contributed by atoms with Crippen molar-refractivity contribution in [2.75, 3.05) is 0 Å². The van der Waals surface area contributed by atoms with Crippen molar-refractivity contribution in [3.63, 3.8) is 0 Å². The van der Waals surface area contributed by atoms with Crippen LogP contribution in [-0.4, -0.2) is 23.7 Å². The largest absolute Gasteiger partial charge is 0.369 e. The summed E-state index contributed by atoms with van der Waals surface area (Å²) in [7, 11) is 5.72. The van der Waals surface area contributed by atoms with E-state index in [-0.39, 0.29) is 12.3 Å². The van der Waals surface area contributed by atoms with Crippen molar-refractivity contribution in [3.8, 4) is 0 Å². The van der Waals surface area contributed by atoms with E-state index in [2.05, 4.69) is 9.97 Å². The fourth-order valence-electron chi connectivity index (χ4n) is 1.38. The summed E-state index contributed by atoms with van der Waals surface area (Å²) in [6, 6.07) is 3.51. The number of nitrogens with one attached hydrogen (secondary N) is 1. The molecule has 0 aliphatic heterocycles. The Morgan fingerprint density at radius 2 is 2.43 bits per heavy atom. The lowest BCUT2D eigenvalue weighted by atomic mass is 9.94. The molecule has 2 aromatic rings. The lowest BCUT2D eigenvalue weighted by Crippen LogP contribution is -2.13. The lowest BCUT2D eigenvalue weighted by Gasteiger charge is -1.91. The van der Waals surface area contributed by atoms with E-state index in [9.17, 15) is 4.79 Å². The molecule has 4 nitrogen and oxygen atoms in total. The highest BCUT2D eigenvalue weighted by Gasteiger charge is 2.05. The molecule has 0 unspecified atom stereocenters. The summed E-state index contributed by atoms with van der Waals surface area (Å²) in [5.41, 5.74) is 7.13. The zero-order valence-corrected chi connectivity index (χ0v) is 7.45. The molecule has 3 N–H and O–H groups in total. The fraction of sp³-hybridized carbons (Fsp3) is 0.111. The van der Waals surface area contributed by atoms with Gasteiger partial charge in [-0.25, -0.2) is 4.98 Å². The van der Waals surface area contributed by atoms with Gasteiger partial charge in [-0.1, -0.05) is 11.5 Å². The third-order valence-corrected chi connectivity index (χ3v) is 1.99. The Morgan fingerprint density at radius 1 is 1.64 bits per heavy atom. The summed E-state index contributed by atoms with van der Waals surface area (Å²) in [4.78, 5) is 17.7. The zero-order valence-electron chi connectivity index (χ0n) is 7.45. The Hall–Kier alpha value is -1.78. The number of nitrogens with two attached hydrogens (primary N) is 1. The maximum atomic E-state index is 10.7. The van der Waals surface area contributed by atoms with Crippen LogP contribution in [0.25, 0.3) is 11.0 Å². The minimum Gasteiger partial charge on any atom is -0.369 e. The van der Waals surface area contributed by atoms with Crippen LogP contribution < -0.4 is 11.2 Å². The molecule has 0 aliphatic carbocycles. The second kappa shape index (κ2) is 3.18. The molecule has 68 valence electrons. The predicted molar refractivity (Wildman–Crippen MR) is 54.4 cm³/mol. The number of nitrogens with zero attached hydrogens (tertiary/aromatic N) is 1. The molecule has 2 radical (unpaired) electrons. The first kappa shape index (κ1) is 8.81. The van der Waals surface area contributed by atoms with Crippen LogP contribution in [-0.2, 0) is 11.2 Å². The molecule has 0 bridgehead atoms. The average Bonchev–Trinajstić information content (AvgIpc) is 2.47. The fourth-order valence-corrected chi connectivity index (χ4v) is 1.38. The average molecular weight is 185 g/mol. The number of hydrogen-bond acceptors (Lipinski definition) is 2. The summed E-state index contributed by atoms with van der Waals surface area (Å²) >= 11 is 0. The van der Waals surface area contributed by atoms with Gasteiger partial charge in [-0.05, 0) is 6.07 Å². The van der Waals surface area contributed by atoms with E-state index in [1.807, 2.05) is 0 Å². The third-order valence-electron chi connectivity index (χ3n) is 1.99. The Morgan fingerprint density at radius 3 is 3.07 bits per heavy atom. The van der Waals surface area contributed by atoms with Crippen molar-refractivity contribution in [1.82, 2.24) is 9.97 Å². The quantitative estimate of drug-likeness (QED) is 0.612. The first-order chi connectivity index (χ1) is 6.66. The number of carbonyl (C=O) groups excluding carboxylic acids is 1. The number of pyridine rings is 1. The second-order valence-electron chi connectivity index (χ2n) is 3.10. The van der Waals surface area contributed by atoms with Gasteiger partial charge in [0.05, 0.1) is 6.42 Å². The van der Waals surface area contributed by atoms with Crippen molar-refractivity contribution in [1.29, 1.82) is 0 Å². The monoisotopic (exact) mass is 185 g/mol. The molecule has 5 heteroatoms. The predicted octanol–water partition coefficient (Wildman–Crippen LogP) is -0.616. The summed E-state index contributed by atoms with van der Waals surface area (Å²) in [6.07, 6.45) is 1.79. The molecule has 2 rings (SSSR count). The second-order valence-corrected chi connectivity index (χ2v) is 3.10. The topological polar surface area (TPSA) is 71.8 Å². The molecule has 0 aromatic carbocycles. The third kappa shape index (κ3) is 1.48. The van der Waals surface area contributed by atoms with E-state index in [0.717, 1.165) is 11.1 Å². The maximum absolute atomic E-state index is 10.7. The van der Waals surface area contributed by atoms with E-state index >= 15 is 0 Å². The number of hydrogen-bond donors (Lipinski definition) is 2. The van der Waals surface area contributed by atoms with E-state index in [1.54, 1.807) is 18.3 Å². The Labute approximate surface area is 81.9 Å². The smallest absolute Gasteiger partial charge is 0.223 e. The van der Waals surface area contributed by atoms with Gasteiger partial charge in [-0.2, -0.15) is 0 Å². The number of primary amides is 1. The van der Waals surface area contributed by atoms with Crippen molar-refractivity contribution >= 4 is 30.2 Å². The molecule has 2 aromatic heterocycles. The molecule has 0 aliphatic rings. The first-order valence-electron chi connectivity index (χ1n) is 4.17. The first-order valence-corrected chi connectivity index (χ1v) is 4.17. The number of fused-ring (bicyclic) bond motifs is 1. The summed E-state index contributed by atoms with van der Waals surface area (Å²) in [6.45, 7) is 0. The van der Waals surface area contributed by atoms with Crippen LogP contribution in [0.3, 0.4) is 0 Å². The van der Waals surface area contributed by atoms with Crippen LogP contribution in [0.1, 0.15) is 5.69 Å². The minimum absolute atomic E-state index is 0.176. The highest BCUT2D eigenvalue weighted by atomic mass is 16.1. The summed E-state index contributed by atoms with van der Waals surface area (Å²) in [5, 5.41) is 0.823. The molecule has 1 amide bonds. The highest BCUT2D eigenvalue weighted by molar-refractivity contribution is 6.38. The standard InChI is InChI=1S/C9H8BN3O/c10-7-1-2-12-9-6(7)3-5(13-9)4-8(11)14/h1-3H,4H2,(H2,11,14)(H,12,13). The Balaban J connectivity index is 2.51. The summed E-state index contributed by atoms with van der Waals surface area (Å²) in [5.74, 6) is -0.380. The highest BCUT2D eigenvalue weighted by Crippen LogP contribution is 2.10. The van der Waals surface area contributed by atoms with Gasteiger partial charge in [0.2, 0.25) is 5.91 Å². The van der Waals surface area contributed by atoms with Gasteiger partial charge in [-0.3, -0.25) is 4.79 Å². The van der Waals surface area contributed by atoms with E-state index in [1.165, 1.54) is 0 Å². The van der Waals surface area contributed by atoms with Crippen LogP contribution in [0.5, 0.6) is 0 Å². The van der Waals surface area contributed by atoms with Crippen LogP contribution in [0.15, 0.2) is 18.3 Å². The molecular formula is C9H8BN3O. The van der Waals surface area contributed by atoms with Gasteiger partial charge in [0, 0.05) is 17.3 Å². The van der Waals surface area contributed by atoms with Crippen molar-refractivity contribution in [2.45, 2.75) is 6.42 Å². The van der Waals surface area contributed by atoms with Crippen LogP contribution in [0.4, 0.5) is 0 Å². The molecule has 0 fully saturated rings. The summed E-state index contributed by atoms with van der Waals surface area (Å²) < 4.78 is 0. The van der Waals surface area contributed by atoms with Gasteiger partial charge in [0.25, 0.3) is 0 Å². The Bertz CT molecular complexity index is 492. The van der Waals surface area contributed by atoms with E-state index < -0.39 is 0 Å². The van der Waals surface area contributed by atoms with Gasteiger partial charge < -0.3 is 10.7 Å². The number of carbonyl (C=O) groups is 1. The molecule has 2 heterocycles. The number of aromatic nitrogens is 2. The van der Waals surface area contributed by atoms with Gasteiger partial charge in [0.15, 0.2) is 0 Å². The molecule has 0 atom stereocenters. The molecule has 0 saturated carbocycles. The van der Waals surface area contributed by atoms with Crippen LogP contribution >= 0.6 is 0 Å². The number of H-pyrrole nitrogens is 1. The van der Waals surface area contributed by atoms with E-state index in [4.69, 9.17) is 13.6 Å². The number of aromatic amines is 1. The number of amides is 1. The molecule has 0 spiro atoms. The number of rotatable bonds is 2.